The summed E-state index contributed by atoms with van der Waals surface area (Å²) in [6.45, 7) is 0. The Morgan fingerprint density at radius 3 is 2.56 bits per heavy atom. The van der Waals surface area contributed by atoms with Crippen LogP contribution in [0.25, 0.3) is 0 Å². The molecular formula is C11H6Br2N2O3. The summed E-state index contributed by atoms with van der Waals surface area (Å²) in [6, 6.07) is 9.70. The number of para-hydroxylation sites is 1. The Morgan fingerprint density at radius 1 is 1.17 bits per heavy atom. The van der Waals surface area contributed by atoms with Gasteiger partial charge < -0.3 is 4.74 Å². The minimum absolute atomic E-state index is 0.119. The lowest BCUT2D eigenvalue weighted by Gasteiger charge is -2.07. The highest BCUT2D eigenvalue weighted by atomic mass is 79.9. The molecule has 0 radical (unpaired) electrons. The van der Waals surface area contributed by atoms with Gasteiger partial charge in [-0.15, -0.1) is 0 Å². The zero-order valence-electron chi connectivity index (χ0n) is 8.84. The molecule has 0 amide bonds. The summed E-state index contributed by atoms with van der Waals surface area (Å²) < 4.78 is 6.54. The molecule has 0 aliphatic heterocycles. The first kappa shape index (κ1) is 13.0. The Bertz CT molecular complexity index is 605. The van der Waals surface area contributed by atoms with Crippen LogP contribution in [0.4, 0.5) is 5.69 Å². The van der Waals surface area contributed by atoms with Crippen LogP contribution in [-0.4, -0.2) is 9.91 Å². The second-order valence-electron chi connectivity index (χ2n) is 3.25. The van der Waals surface area contributed by atoms with Crippen LogP contribution in [0, 0.1) is 10.1 Å². The predicted octanol–water partition coefficient (Wildman–Crippen LogP) is 4.31. The number of hydrogen-bond acceptors (Lipinski definition) is 4. The number of pyridine rings is 1. The van der Waals surface area contributed by atoms with E-state index < -0.39 is 4.92 Å². The van der Waals surface area contributed by atoms with Crippen molar-refractivity contribution in [2.75, 3.05) is 0 Å². The molecule has 1 aromatic heterocycles. The molecule has 0 saturated heterocycles. The van der Waals surface area contributed by atoms with Crippen LogP contribution in [0.1, 0.15) is 0 Å². The van der Waals surface area contributed by atoms with E-state index in [-0.39, 0.29) is 17.3 Å². The third-order valence-corrected chi connectivity index (χ3v) is 3.11. The van der Waals surface area contributed by atoms with Crippen LogP contribution in [0.2, 0.25) is 0 Å². The zero-order chi connectivity index (χ0) is 13.1. The van der Waals surface area contributed by atoms with E-state index in [2.05, 4.69) is 36.8 Å². The molecule has 0 aliphatic carbocycles. The molecule has 92 valence electrons. The molecule has 18 heavy (non-hydrogen) atoms. The largest absolute Gasteiger partial charge is 0.431 e. The number of hydrogen-bond donors (Lipinski definition) is 0. The van der Waals surface area contributed by atoms with E-state index in [1.54, 1.807) is 30.3 Å². The van der Waals surface area contributed by atoms with E-state index in [0.29, 0.717) is 9.08 Å². The third kappa shape index (κ3) is 2.85. The summed E-state index contributed by atoms with van der Waals surface area (Å²) in [5.74, 6) is 0.410. The number of rotatable bonds is 3. The number of halogens is 2. The van der Waals surface area contributed by atoms with E-state index >= 15 is 0 Å². The number of ether oxygens (including phenoxy) is 1. The summed E-state index contributed by atoms with van der Waals surface area (Å²) in [4.78, 5) is 14.5. The fraction of sp³-hybridized carbons (Fsp3) is 0. The lowest BCUT2D eigenvalue weighted by molar-refractivity contribution is -0.385. The Hall–Kier alpha value is -1.47. The Kier molecular flexibility index (Phi) is 3.93. The van der Waals surface area contributed by atoms with Crippen molar-refractivity contribution in [2.45, 2.75) is 0 Å². The first-order chi connectivity index (χ1) is 8.58. The first-order valence-corrected chi connectivity index (χ1v) is 6.40. The van der Waals surface area contributed by atoms with E-state index in [0.717, 1.165) is 0 Å². The third-order valence-electron chi connectivity index (χ3n) is 2.04. The number of aromatic nitrogens is 1. The quantitative estimate of drug-likeness (QED) is 0.457. The fourth-order valence-electron chi connectivity index (χ4n) is 1.29. The van der Waals surface area contributed by atoms with Gasteiger partial charge in [0, 0.05) is 12.1 Å². The number of nitrogens with zero attached hydrogens (tertiary/aromatic N) is 2. The van der Waals surface area contributed by atoms with Gasteiger partial charge in [-0.2, -0.15) is 0 Å². The van der Waals surface area contributed by atoms with Gasteiger partial charge in [0.2, 0.25) is 11.6 Å². The maximum absolute atomic E-state index is 10.9. The van der Waals surface area contributed by atoms with Crippen molar-refractivity contribution in [1.29, 1.82) is 0 Å². The summed E-state index contributed by atoms with van der Waals surface area (Å²) in [5, 5.41) is 10.9. The molecule has 0 bridgehead atoms. The van der Waals surface area contributed by atoms with Gasteiger partial charge in [0.15, 0.2) is 0 Å². The highest BCUT2D eigenvalue weighted by Crippen LogP contribution is 2.37. The van der Waals surface area contributed by atoms with Gasteiger partial charge in [0.25, 0.3) is 0 Å². The van der Waals surface area contributed by atoms with Crippen molar-refractivity contribution in [3.05, 3.63) is 55.6 Å². The monoisotopic (exact) mass is 372 g/mol. The van der Waals surface area contributed by atoms with E-state index in [1.165, 1.54) is 6.07 Å². The summed E-state index contributed by atoms with van der Waals surface area (Å²) in [5.41, 5.74) is -0.119. The number of nitro benzene ring substituents is 1. The van der Waals surface area contributed by atoms with Crippen molar-refractivity contribution in [3.8, 4) is 11.6 Å². The standard InChI is InChI=1S/C11H6Br2N2O3/c12-7-3-1-4-8(15(16)17)11(7)18-10-6-2-5-9(13)14-10/h1-6H. The average Bonchev–Trinajstić information content (AvgIpc) is 2.31. The number of nitro groups is 1. The Morgan fingerprint density at radius 2 is 1.89 bits per heavy atom. The normalized spacial score (nSPS) is 10.1. The van der Waals surface area contributed by atoms with Gasteiger partial charge in [-0.3, -0.25) is 10.1 Å². The molecule has 2 rings (SSSR count). The molecular weight excluding hydrogens is 368 g/mol. The molecule has 0 N–H and O–H groups in total. The van der Waals surface area contributed by atoms with Crippen LogP contribution in [0.5, 0.6) is 11.6 Å². The molecule has 7 heteroatoms. The number of benzene rings is 1. The lowest BCUT2D eigenvalue weighted by Crippen LogP contribution is -1.95. The van der Waals surface area contributed by atoms with Crippen molar-refractivity contribution >= 4 is 37.5 Å². The minimum atomic E-state index is -0.502. The van der Waals surface area contributed by atoms with E-state index in [1.807, 2.05) is 0 Å². The van der Waals surface area contributed by atoms with Gasteiger partial charge in [0.1, 0.15) is 4.60 Å². The van der Waals surface area contributed by atoms with Crippen LogP contribution >= 0.6 is 31.9 Å². The van der Waals surface area contributed by atoms with E-state index in [4.69, 9.17) is 4.74 Å². The summed E-state index contributed by atoms with van der Waals surface area (Å²) in [6.07, 6.45) is 0. The van der Waals surface area contributed by atoms with Crippen molar-refractivity contribution < 1.29 is 9.66 Å². The average molecular weight is 374 g/mol. The second-order valence-corrected chi connectivity index (χ2v) is 4.91. The SMILES string of the molecule is O=[N+]([O-])c1cccc(Br)c1Oc1cccc(Br)n1. The molecule has 1 aromatic carbocycles. The van der Waals surface area contributed by atoms with Crippen LogP contribution in [0.3, 0.4) is 0 Å². The Balaban J connectivity index is 2.42. The van der Waals surface area contributed by atoms with Gasteiger partial charge >= 0.3 is 5.69 Å². The molecule has 0 unspecified atom stereocenters. The molecule has 0 saturated carbocycles. The smallest absolute Gasteiger partial charge is 0.312 e. The lowest BCUT2D eigenvalue weighted by atomic mass is 10.3. The Labute approximate surface area is 119 Å². The van der Waals surface area contributed by atoms with Gasteiger partial charge in [-0.1, -0.05) is 12.1 Å². The van der Waals surface area contributed by atoms with Gasteiger partial charge in [0.05, 0.1) is 9.40 Å². The summed E-state index contributed by atoms with van der Waals surface area (Å²) in [7, 11) is 0. The first-order valence-electron chi connectivity index (χ1n) is 4.81. The molecule has 0 aliphatic rings. The van der Waals surface area contributed by atoms with Crippen molar-refractivity contribution in [2.24, 2.45) is 0 Å². The minimum Gasteiger partial charge on any atom is -0.431 e. The van der Waals surface area contributed by atoms with Gasteiger partial charge in [-0.25, -0.2) is 4.98 Å². The van der Waals surface area contributed by atoms with Crippen molar-refractivity contribution in [1.82, 2.24) is 4.98 Å². The van der Waals surface area contributed by atoms with Crippen LogP contribution in [-0.2, 0) is 0 Å². The maximum Gasteiger partial charge on any atom is 0.312 e. The topological polar surface area (TPSA) is 65.3 Å². The second kappa shape index (κ2) is 5.45. The van der Waals surface area contributed by atoms with Crippen molar-refractivity contribution in [3.63, 3.8) is 0 Å². The maximum atomic E-state index is 10.9. The molecule has 5 nitrogen and oxygen atoms in total. The zero-order valence-corrected chi connectivity index (χ0v) is 12.0. The molecule has 0 atom stereocenters. The van der Waals surface area contributed by atoms with Crippen LogP contribution < -0.4 is 4.74 Å². The molecule has 0 spiro atoms. The summed E-state index contributed by atoms with van der Waals surface area (Å²) >= 11 is 6.43. The fourth-order valence-corrected chi connectivity index (χ4v) is 2.06. The highest BCUT2D eigenvalue weighted by molar-refractivity contribution is 9.10. The van der Waals surface area contributed by atoms with Crippen LogP contribution in [0.15, 0.2) is 45.5 Å². The van der Waals surface area contributed by atoms with Gasteiger partial charge in [-0.05, 0) is 44.0 Å². The highest BCUT2D eigenvalue weighted by Gasteiger charge is 2.19. The molecule has 2 aromatic rings. The molecule has 1 heterocycles. The molecule has 0 fully saturated rings. The predicted molar refractivity (Wildman–Crippen MR) is 72.8 cm³/mol. The van der Waals surface area contributed by atoms with E-state index in [9.17, 15) is 10.1 Å².